The maximum Gasteiger partial charge on any atom is 0.187 e. The first-order valence-corrected chi connectivity index (χ1v) is 8.14. The van der Waals surface area contributed by atoms with Crippen LogP contribution >= 0.6 is 11.5 Å². The number of aryl methyl sites for hydroxylation is 1. The summed E-state index contributed by atoms with van der Waals surface area (Å²) in [5.41, 5.74) is 9.01. The van der Waals surface area contributed by atoms with Crippen LogP contribution in [0.3, 0.4) is 0 Å². The SMILES string of the molecule is Cc1ccc(Cn2cc3c(N)nc(-c4ccsn4)nc3n2)c(O)c1. The summed E-state index contributed by atoms with van der Waals surface area (Å²) in [6.07, 6.45) is 1.79. The molecule has 0 radical (unpaired) electrons. The van der Waals surface area contributed by atoms with E-state index in [1.165, 1.54) is 11.5 Å². The van der Waals surface area contributed by atoms with E-state index in [9.17, 15) is 5.11 Å². The van der Waals surface area contributed by atoms with E-state index in [1.54, 1.807) is 16.9 Å². The summed E-state index contributed by atoms with van der Waals surface area (Å²) in [6.45, 7) is 2.36. The Morgan fingerprint density at radius 2 is 2.12 bits per heavy atom. The number of aromatic hydroxyl groups is 1. The molecule has 0 fully saturated rings. The first kappa shape index (κ1) is 14.6. The van der Waals surface area contributed by atoms with Crippen molar-refractivity contribution in [2.75, 3.05) is 5.73 Å². The van der Waals surface area contributed by atoms with E-state index in [1.807, 2.05) is 30.5 Å². The smallest absolute Gasteiger partial charge is 0.187 e. The molecule has 0 saturated carbocycles. The minimum Gasteiger partial charge on any atom is -0.508 e. The van der Waals surface area contributed by atoms with Crippen LogP contribution in [0.15, 0.2) is 35.8 Å². The standard InChI is InChI=1S/C16H14N6OS/c1-9-2-3-10(13(23)6-9)7-22-8-11-14(17)18-16(19-15(11)20-22)12-4-5-24-21-12/h2-6,8,23H,7H2,1H3,(H2,17,18,19,20). The van der Waals surface area contributed by atoms with Gasteiger partial charge in [-0.2, -0.15) is 9.47 Å². The van der Waals surface area contributed by atoms with Gasteiger partial charge in [0.1, 0.15) is 17.3 Å². The summed E-state index contributed by atoms with van der Waals surface area (Å²) in [7, 11) is 0. The highest BCUT2D eigenvalue weighted by Crippen LogP contribution is 2.24. The molecular formula is C16H14N6OS. The lowest BCUT2D eigenvalue weighted by atomic mass is 10.1. The predicted octanol–water partition coefficient (Wildman–Crippen LogP) is 2.59. The van der Waals surface area contributed by atoms with Crippen LogP contribution in [0.5, 0.6) is 5.75 Å². The average Bonchev–Trinajstić information content (AvgIpc) is 3.19. The summed E-state index contributed by atoms with van der Waals surface area (Å²) in [5.74, 6) is 1.07. The lowest BCUT2D eigenvalue weighted by molar-refractivity contribution is 0.463. The van der Waals surface area contributed by atoms with Crippen LogP contribution in [0.2, 0.25) is 0 Å². The topological polar surface area (TPSA) is 103 Å². The molecule has 3 aromatic heterocycles. The highest BCUT2D eigenvalue weighted by Gasteiger charge is 2.13. The second-order valence-electron chi connectivity index (χ2n) is 5.51. The Morgan fingerprint density at radius 1 is 1.25 bits per heavy atom. The Bertz CT molecular complexity index is 1020. The van der Waals surface area contributed by atoms with Crippen molar-refractivity contribution < 1.29 is 5.11 Å². The fraction of sp³-hybridized carbons (Fsp3) is 0.125. The van der Waals surface area contributed by atoms with Crippen molar-refractivity contribution in [3.05, 3.63) is 47.0 Å². The number of hydrogen-bond donors (Lipinski definition) is 2. The Hall–Kier alpha value is -3.00. The van der Waals surface area contributed by atoms with Crippen LogP contribution in [0.1, 0.15) is 11.1 Å². The largest absolute Gasteiger partial charge is 0.508 e. The number of phenolic OH excluding ortho intramolecular Hbond substituents is 1. The molecule has 8 heteroatoms. The number of phenols is 1. The molecule has 120 valence electrons. The number of nitrogens with two attached hydrogens (primary N) is 1. The maximum absolute atomic E-state index is 10.1. The van der Waals surface area contributed by atoms with E-state index in [0.717, 1.165) is 11.1 Å². The number of rotatable bonds is 3. The summed E-state index contributed by atoms with van der Waals surface area (Å²) in [6, 6.07) is 7.40. The van der Waals surface area contributed by atoms with E-state index in [-0.39, 0.29) is 5.75 Å². The lowest BCUT2D eigenvalue weighted by Crippen LogP contribution is -2.00. The highest BCUT2D eigenvalue weighted by atomic mass is 32.1. The molecule has 0 spiro atoms. The van der Waals surface area contributed by atoms with Crippen LogP contribution in [0, 0.1) is 6.92 Å². The minimum absolute atomic E-state index is 0.247. The normalized spacial score (nSPS) is 11.2. The van der Waals surface area contributed by atoms with Crippen LogP contribution in [-0.2, 0) is 6.54 Å². The monoisotopic (exact) mass is 338 g/mol. The van der Waals surface area contributed by atoms with E-state index < -0.39 is 0 Å². The zero-order valence-electron chi connectivity index (χ0n) is 12.8. The molecular weight excluding hydrogens is 324 g/mol. The molecule has 0 aliphatic rings. The molecule has 0 bridgehead atoms. The molecule has 0 aliphatic carbocycles. The number of anilines is 1. The van der Waals surface area contributed by atoms with Gasteiger partial charge in [-0.1, -0.05) is 12.1 Å². The highest BCUT2D eigenvalue weighted by molar-refractivity contribution is 7.03. The van der Waals surface area contributed by atoms with E-state index in [4.69, 9.17) is 5.73 Å². The number of nitrogens with zero attached hydrogens (tertiary/aromatic N) is 5. The second-order valence-corrected chi connectivity index (χ2v) is 6.18. The Labute approximate surface area is 141 Å². The van der Waals surface area contributed by atoms with Gasteiger partial charge in [-0.15, -0.1) is 0 Å². The Balaban J connectivity index is 1.74. The van der Waals surface area contributed by atoms with Crippen LogP contribution < -0.4 is 5.73 Å². The van der Waals surface area contributed by atoms with Crippen molar-refractivity contribution in [2.24, 2.45) is 0 Å². The Morgan fingerprint density at radius 3 is 2.88 bits per heavy atom. The van der Waals surface area contributed by atoms with Gasteiger partial charge in [-0.3, -0.25) is 4.68 Å². The lowest BCUT2D eigenvalue weighted by Gasteiger charge is -2.05. The summed E-state index contributed by atoms with van der Waals surface area (Å²) >= 11 is 1.33. The van der Waals surface area contributed by atoms with Gasteiger partial charge in [0.15, 0.2) is 11.5 Å². The third-order valence-corrected chi connectivity index (χ3v) is 4.26. The number of nitrogen functional groups attached to an aromatic ring is 1. The van der Waals surface area contributed by atoms with Crippen LogP contribution in [0.25, 0.3) is 22.6 Å². The zero-order valence-corrected chi connectivity index (χ0v) is 13.7. The zero-order chi connectivity index (χ0) is 16.7. The summed E-state index contributed by atoms with van der Waals surface area (Å²) in [5, 5.41) is 17.0. The molecule has 4 rings (SSSR count). The molecule has 0 amide bonds. The average molecular weight is 338 g/mol. The van der Waals surface area contributed by atoms with Crippen molar-refractivity contribution in [2.45, 2.75) is 13.5 Å². The van der Waals surface area contributed by atoms with Gasteiger partial charge in [-0.25, -0.2) is 9.97 Å². The van der Waals surface area contributed by atoms with Crippen LogP contribution in [-0.4, -0.2) is 29.2 Å². The van der Waals surface area contributed by atoms with Gasteiger partial charge in [0.25, 0.3) is 0 Å². The molecule has 3 N–H and O–H groups in total. The third-order valence-electron chi connectivity index (χ3n) is 3.70. The number of benzene rings is 1. The fourth-order valence-corrected chi connectivity index (χ4v) is 2.99. The predicted molar refractivity (Wildman–Crippen MR) is 92.8 cm³/mol. The molecule has 3 heterocycles. The van der Waals surface area contributed by atoms with Crippen molar-refractivity contribution in [3.8, 4) is 17.3 Å². The maximum atomic E-state index is 10.1. The molecule has 0 atom stereocenters. The molecule has 0 aliphatic heterocycles. The van der Waals surface area contributed by atoms with Gasteiger partial charge < -0.3 is 10.8 Å². The van der Waals surface area contributed by atoms with Crippen molar-refractivity contribution in [3.63, 3.8) is 0 Å². The quantitative estimate of drug-likeness (QED) is 0.595. The number of aromatic nitrogens is 5. The van der Waals surface area contributed by atoms with Crippen molar-refractivity contribution in [1.29, 1.82) is 0 Å². The molecule has 7 nitrogen and oxygen atoms in total. The molecule has 1 aromatic carbocycles. The van der Waals surface area contributed by atoms with Gasteiger partial charge >= 0.3 is 0 Å². The van der Waals surface area contributed by atoms with E-state index in [0.29, 0.717) is 34.9 Å². The first-order valence-electron chi connectivity index (χ1n) is 7.30. The summed E-state index contributed by atoms with van der Waals surface area (Å²) in [4.78, 5) is 8.74. The van der Waals surface area contributed by atoms with Crippen LogP contribution in [0.4, 0.5) is 5.82 Å². The number of fused-ring (bicyclic) bond motifs is 1. The Kier molecular flexibility index (Phi) is 3.39. The summed E-state index contributed by atoms with van der Waals surface area (Å²) < 4.78 is 5.92. The number of hydrogen-bond acceptors (Lipinski definition) is 7. The van der Waals surface area contributed by atoms with E-state index in [2.05, 4.69) is 19.4 Å². The van der Waals surface area contributed by atoms with Gasteiger partial charge in [0.05, 0.1) is 11.9 Å². The van der Waals surface area contributed by atoms with Gasteiger partial charge in [-0.05, 0) is 36.2 Å². The molecule has 24 heavy (non-hydrogen) atoms. The molecule has 0 unspecified atom stereocenters. The van der Waals surface area contributed by atoms with Gasteiger partial charge in [0, 0.05) is 17.1 Å². The first-order chi connectivity index (χ1) is 11.6. The second kappa shape index (κ2) is 5.57. The molecule has 4 aromatic rings. The van der Waals surface area contributed by atoms with E-state index >= 15 is 0 Å². The fourth-order valence-electron chi connectivity index (χ4n) is 2.48. The third kappa shape index (κ3) is 2.56. The van der Waals surface area contributed by atoms with Crippen molar-refractivity contribution in [1.82, 2.24) is 24.1 Å². The van der Waals surface area contributed by atoms with Crippen molar-refractivity contribution >= 4 is 28.4 Å². The molecule has 0 saturated heterocycles. The minimum atomic E-state index is 0.247. The van der Waals surface area contributed by atoms with Gasteiger partial charge in [0.2, 0.25) is 0 Å².